The second-order valence-corrected chi connectivity index (χ2v) is 8.01. The molecule has 6 heteroatoms. The molecule has 0 unspecified atom stereocenters. The number of carbonyl (C=O) groups excluding carboxylic acids is 1. The van der Waals surface area contributed by atoms with Crippen molar-refractivity contribution in [3.8, 4) is 5.75 Å². The summed E-state index contributed by atoms with van der Waals surface area (Å²) < 4.78 is 6.40. The van der Waals surface area contributed by atoms with Gasteiger partial charge in [-0.25, -0.2) is 4.98 Å². The number of thiazole rings is 1. The van der Waals surface area contributed by atoms with Gasteiger partial charge in [0.25, 0.3) is 5.91 Å². The highest BCUT2D eigenvalue weighted by molar-refractivity contribution is 7.22. The van der Waals surface area contributed by atoms with E-state index < -0.39 is 0 Å². The Bertz CT molecular complexity index is 952. The van der Waals surface area contributed by atoms with Crippen molar-refractivity contribution in [2.45, 2.75) is 19.8 Å². The molecule has 3 aromatic rings. The first-order valence-electron chi connectivity index (χ1n) is 9.52. The molecule has 0 atom stereocenters. The highest BCUT2D eigenvalue weighted by Gasteiger charge is 2.21. The van der Waals surface area contributed by atoms with Gasteiger partial charge in [0.05, 0.1) is 17.3 Å². The molecule has 0 bridgehead atoms. The first-order chi connectivity index (χ1) is 13.5. The Morgan fingerprint density at radius 2 is 1.96 bits per heavy atom. The number of ether oxygens (including phenoxy) is 1. The second kappa shape index (κ2) is 9.17. The van der Waals surface area contributed by atoms with E-state index in [4.69, 9.17) is 9.72 Å². The van der Waals surface area contributed by atoms with E-state index in [1.807, 2.05) is 38.4 Å². The molecule has 28 heavy (non-hydrogen) atoms. The van der Waals surface area contributed by atoms with Crippen LogP contribution in [-0.2, 0) is 6.42 Å². The van der Waals surface area contributed by atoms with Crippen LogP contribution in [0, 0.1) is 0 Å². The number of benzene rings is 2. The Kier molecular flexibility index (Phi) is 6.65. The molecule has 1 heterocycles. The number of hydrogen-bond donors (Lipinski definition) is 0. The average molecular weight is 398 g/mol. The number of aromatic nitrogens is 1. The Hall–Kier alpha value is -2.44. The van der Waals surface area contributed by atoms with Gasteiger partial charge in [-0.05, 0) is 69.4 Å². The minimum Gasteiger partial charge on any atom is -0.497 e. The van der Waals surface area contributed by atoms with Crippen LogP contribution in [-0.4, -0.2) is 50.1 Å². The van der Waals surface area contributed by atoms with E-state index in [0.29, 0.717) is 17.9 Å². The summed E-state index contributed by atoms with van der Waals surface area (Å²) >= 11 is 1.58. The van der Waals surface area contributed by atoms with E-state index >= 15 is 0 Å². The molecule has 3 rings (SSSR count). The molecule has 1 amide bonds. The van der Waals surface area contributed by atoms with Crippen LogP contribution in [0.15, 0.2) is 42.5 Å². The van der Waals surface area contributed by atoms with Crippen LogP contribution >= 0.6 is 11.3 Å². The molecule has 0 aliphatic rings. The maximum Gasteiger partial charge on any atom is 0.260 e. The minimum atomic E-state index is -0.0487. The van der Waals surface area contributed by atoms with E-state index in [2.05, 4.69) is 24.0 Å². The lowest BCUT2D eigenvalue weighted by molar-refractivity contribution is 0.0985. The van der Waals surface area contributed by atoms with Crippen LogP contribution in [0.25, 0.3) is 10.2 Å². The van der Waals surface area contributed by atoms with Crippen molar-refractivity contribution in [3.63, 3.8) is 0 Å². The van der Waals surface area contributed by atoms with Gasteiger partial charge in [0.15, 0.2) is 5.13 Å². The number of amides is 1. The Balaban J connectivity index is 1.94. The maximum atomic E-state index is 13.3. The average Bonchev–Trinajstić information content (AvgIpc) is 3.13. The fraction of sp³-hybridized carbons (Fsp3) is 0.364. The van der Waals surface area contributed by atoms with Gasteiger partial charge >= 0.3 is 0 Å². The van der Waals surface area contributed by atoms with Gasteiger partial charge in [-0.15, -0.1) is 0 Å². The maximum absolute atomic E-state index is 13.3. The highest BCUT2D eigenvalue weighted by atomic mass is 32.1. The summed E-state index contributed by atoms with van der Waals surface area (Å²) in [6.45, 7) is 3.67. The first kappa shape index (κ1) is 20.3. The van der Waals surface area contributed by atoms with Crippen molar-refractivity contribution >= 4 is 32.6 Å². The molecular weight excluding hydrogens is 370 g/mol. The van der Waals surface area contributed by atoms with E-state index in [1.165, 1.54) is 5.56 Å². The summed E-state index contributed by atoms with van der Waals surface area (Å²) in [7, 11) is 5.69. The molecule has 0 saturated heterocycles. The summed E-state index contributed by atoms with van der Waals surface area (Å²) in [6.07, 6.45) is 1.86. The lowest BCUT2D eigenvalue weighted by atomic mass is 10.2. The third kappa shape index (κ3) is 4.69. The molecular formula is C22H27N3O2S. The number of fused-ring (bicyclic) bond motifs is 1. The number of nitrogens with zero attached hydrogens (tertiary/aromatic N) is 3. The molecule has 0 N–H and O–H groups in total. The normalized spacial score (nSPS) is 11.2. The summed E-state index contributed by atoms with van der Waals surface area (Å²) in [5.41, 5.74) is 2.83. The van der Waals surface area contributed by atoms with Crippen LogP contribution in [0.3, 0.4) is 0 Å². The summed E-state index contributed by atoms with van der Waals surface area (Å²) in [4.78, 5) is 22.0. The molecule has 0 fully saturated rings. The van der Waals surface area contributed by atoms with Crippen molar-refractivity contribution in [2.75, 3.05) is 39.2 Å². The van der Waals surface area contributed by atoms with Crippen LogP contribution in [0.1, 0.15) is 29.3 Å². The number of methoxy groups -OCH3 is 1. The molecule has 0 spiro atoms. The van der Waals surface area contributed by atoms with Crippen molar-refractivity contribution in [2.24, 2.45) is 0 Å². The topological polar surface area (TPSA) is 45.7 Å². The van der Waals surface area contributed by atoms with Gasteiger partial charge in [0.2, 0.25) is 0 Å². The van der Waals surface area contributed by atoms with E-state index in [1.54, 1.807) is 29.4 Å². The molecule has 148 valence electrons. The van der Waals surface area contributed by atoms with Crippen molar-refractivity contribution < 1.29 is 9.53 Å². The molecule has 1 aromatic heterocycles. The Morgan fingerprint density at radius 1 is 1.14 bits per heavy atom. The predicted molar refractivity (Wildman–Crippen MR) is 117 cm³/mol. The summed E-state index contributed by atoms with van der Waals surface area (Å²) in [6, 6.07) is 13.6. The first-order valence-corrected chi connectivity index (χ1v) is 10.3. The zero-order valence-corrected chi connectivity index (χ0v) is 17.8. The van der Waals surface area contributed by atoms with Crippen LogP contribution < -0.4 is 9.64 Å². The van der Waals surface area contributed by atoms with Crippen LogP contribution in [0.5, 0.6) is 5.75 Å². The van der Waals surface area contributed by atoms with Gasteiger partial charge in [-0.3, -0.25) is 9.69 Å². The Morgan fingerprint density at radius 3 is 2.68 bits per heavy atom. The smallest absolute Gasteiger partial charge is 0.260 e. The lowest BCUT2D eigenvalue weighted by Crippen LogP contribution is -2.33. The monoisotopic (exact) mass is 397 g/mol. The minimum absolute atomic E-state index is 0.0487. The van der Waals surface area contributed by atoms with Crippen molar-refractivity contribution in [3.05, 3.63) is 53.6 Å². The fourth-order valence-corrected chi connectivity index (χ4v) is 4.09. The lowest BCUT2D eigenvalue weighted by Gasteiger charge is -2.21. The van der Waals surface area contributed by atoms with Crippen LogP contribution in [0.2, 0.25) is 0 Å². The molecule has 2 aromatic carbocycles. The quantitative estimate of drug-likeness (QED) is 0.563. The van der Waals surface area contributed by atoms with E-state index in [9.17, 15) is 4.79 Å². The largest absolute Gasteiger partial charge is 0.497 e. The van der Waals surface area contributed by atoms with Crippen molar-refractivity contribution in [1.29, 1.82) is 0 Å². The second-order valence-electron chi connectivity index (χ2n) is 7.00. The third-order valence-electron chi connectivity index (χ3n) is 4.63. The van der Waals surface area contributed by atoms with E-state index in [0.717, 1.165) is 34.7 Å². The van der Waals surface area contributed by atoms with Crippen molar-refractivity contribution in [1.82, 2.24) is 9.88 Å². The number of aryl methyl sites for hydroxylation is 1. The number of anilines is 1. The summed E-state index contributed by atoms with van der Waals surface area (Å²) in [5.74, 6) is 0.628. The fourth-order valence-electron chi connectivity index (χ4n) is 3.03. The van der Waals surface area contributed by atoms with Gasteiger partial charge < -0.3 is 9.64 Å². The molecule has 0 aliphatic heterocycles. The molecule has 0 saturated carbocycles. The zero-order valence-electron chi connectivity index (χ0n) is 16.9. The van der Waals surface area contributed by atoms with Gasteiger partial charge in [0, 0.05) is 12.1 Å². The molecule has 0 aliphatic carbocycles. The SMILES string of the molecule is CCc1ccc2nc(N(CCCN(C)C)C(=O)c3cccc(OC)c3)sc2c1. The number of rotatable bonds is 8. The van der Waals surface area contributed by atoms with Gasteiger partial charge in [-0.1, -0.05) is 30.4 Å². The third-order valence-corrected chi connectivity index (χ3v) is 5.67. The number of carbonyl (C=O) groups is 1. The van der Waals surface area contributed by atoms with E-state index in [-0.39, 0.29) is 5.91 Å². The molecule has 5 nitrogen and oxygen atoms in total. The molecule has 0 radical (unpaired) electrons. The van der Waals surface area contributed by atoms with Crippen LogP contribution in [0.4, 0.5) is 5.13 Å². The highest BCUT2D eigenvalue weighted by Crippen LogP contribution is 2.31. The summed E-state index contributed by atoms with van der Waals surface area (Å²) in [5, 5.41) is 0.745. The zero-order chi connectivity index (χ0) is 20.1. The number of hydrogen-bond acceptors (Lipinski definition) is 5. The Labute approximate surface area is 170 Å². The standard InChI is InChI=1S/C22H27N3O2S/c1-5-16-10-11-19-20(14-16)28-22(23-19)25(13-7-12-24(2)3)21(26)17-8-6-9-18(15-17)27-4/h6,8-11,14-15H,5,7,12-13H2,1-4H3. The predicted octanol–water partition coefficient (Wildman–Crippen LogP) is 4.47. The van der Waals surface area contributed by atoms with Gasteiger partial charge in [0.1, 0.15) is 5.75 Å². The van der Waals surface area contributed by atoms with Gasteiger partial charge in [-0.2, -0.15) is 0 Å².